The number of halogens is 2. The molecule has 0 fully saturated rings. The van der Waals surface area contributed by atoms with E-state index in [1.807, 2.05) is 19.2 Å². The topological polar surface area (TPSA) is 21.3 Å². The molecule has 100 valence electrons. The van der Waals surface area contributed by atoms with Gasteiger partial charge in [-0.3, -0.25) is 0 Å². The molecule has 19 heavy (non-hydrogen) atoms. The predicted molar refractivity (Wildman–Crippen MR) is 75.3 cm³/mol. The lowest BCUT2D eigenvalue weighted by atomic mass is 9.98. The highest BCUT2D eigenvalue weighted by Crippen LogP contribution is 2.30. The van der Waals surface area contributed by atoms with Gasteiger partial charge in [0.2, 0.25) is 0 Å². The number of methoxy groups -OCH3 is 1. The van der Waals surface area contributed by atoms with Gasteiger partial charge in [0, 0.05) is 0 Å². The summed E-state index contributed by atoms with van der Waals surface area (Å²) >= 11 is 6.02. The van der Waals surface area contributed by atoms with Gasteiger partial charge in [0.15, 0.2) is 0 Å². The minimum absolute atomic E-state index is 0.0354. The zero-order chi connectivity index (χ0) is 13.8. The number of rotatable bonds is 4. The van der Waals surface area contributed by atoms with Crippen LogP contribution in [0.25, 0.3) is 0 Å². The molecule has 2 rings (SSSR count). The van der Waals surface area contributed by atoms with Gasteiger partial charge >= 0.3 is 0 Å². The van der Waals surface area contributed by atoms with E-state index in [0.717, 1.165) is 11.1 Å². The Hall–Kier alpha value is -1.58. The Balaban J connectivity index is 2.39. The van der Waals surface area contributed by atoms with E-state index in [9.17, 15) is 4.39 Å². The maximum absolute atomic E-state index is 13.0. The fraction of sp³-hybridized carbons (Fsp3) is 0.200. The van der Waals surface area contributed by atoms with E-state index in [1.54, 1.807) is 25.3 Å². The zero-order valence-corrected chi connectivity index (χ0v) is 11.5. The van der Waals surface area contributed by atoms with Gasteiger partial charge in [0.25, 0.3) is 0 Å². The van der Waals surface area contributed by atoms with E-state index in [1.165, 1.54) is 12.1 Å². The van der Waals surface area contributed by atoms with Gasteiger partial charge in [-0.1, -0.05) is 29.8 Å². The van der Waals surface area contributed by atoms with Gasteiger partial charge in [0.05, 0.1) is 18.2 Å². The minimum Gasteiger partial charge on any atom is -0.495 e. The predicted octanol–water partition coefficient (Wildman–Crippen LogP) is 3.80. The van der Waals surface area contributed by atoms with E-state index in [2.05, 4.69) is 5.32 Å². The van der Waals surface area contributed by atoms with Crippen molar-refractivity contribution in [3.05, 3.63) is 64.4 Å². The largest absolute Gasteiger partial charge is 0.495 e. The molecule has 0 amide bonds. The van der Waals surface area contributed by atoms with Crippen LogP contribution in [0, 0.1) is 5.82 Å². The van der Waals surface area contributed by atoms with E-state index < -0.39 is 0 Å². The average Bonchev–Trinajstić information content (AvgIpc) is 2.43. The summed E-state index contributed by atoms with van der Waals surface area (Å²) < 4.78 is 18.2. The van der Waals surface area contributed by atoms with Crippen LogP contribution in [-0.2, 0) is 0 Å². The van der Waals surface area contributed by atoms with Crippen LogP contribution in [0.15, 0.2) is 42.5 Å². The molecule has 0 aliphatic carbocycles. The standard InChI is InChI=1S/C15H15ClFNO/c1-18-15(10-3-6-12(17)7-4-10)11-5-8-13(16)14(9-11)19-2/h3-9,15,18H,1-2H3. The summed E-state index contributed by atoms with van der Waals surface area (Å²) in [6, 6.07) is 12.0. The maximum atomic E-state index is 13.0. The van der Waals surface area contributed by atoms with Crippen LogP contribution < -0.4 is 10.1 Å². The molecule has 1 atom stereocenters. The van der Waals surface area contributed by atoms with Gasteiger partial charge in [-0.05, 0) is 42.4 Å². The molecule has 2 nitrogen and oxygen atoms in total. The van der Waals surface area contributed by atoms with E-state index >= 15 is 0 Å². The molecule has 1 unspecified atom stereocenters. The third kappa shape index (κ3) is 3.06. The summed E-state index contributed by atoms with van der Waals surface area (Å²) in [5.41, 5.74) is 1.99. The van der Waals surface area contributed by atoms with Crippen molar-refractivity contribution in [2.24, 2.45) is 0 Å². The van der Waals surface area contributed by atoms with Crippen molar-refractivity contribution in [2.75, 3.05) is 14.2 Å². The molecule has 0 aromatic heterocycles. The van der Waals surface area contributed by atoms with Gasteiger partial charge in [0.1, 0.15) is 11.6 Å². The third-order valence-corrected chi connectivity index (χ3v) is 3.31. The zero-order valence-electron chi connectivity index (χ0n) is 10.8. The average molecular weight is 280 g/mol. The Labute approximate surface area is 117 Å². The summed E-state index contributed by atoms with van der Waals surface area (Å²) in [5, 5.41) is 3.77. The monoisotopic (exact) mass is 279 g/mol. The fourth-order valence-electron chi connectivity index (χ4n) is 2.04. The Morgan fingerprint density at radius 1 is 1.11 bits per heavy atom. The molecule has 1 N–H and O–H groups in total. The molecule has 4 heteroatoms. The van der Waals surface area contributed by atoms with Gasteiger partial charge in [-0.15, -0.1) is 0 Å². The Morgan fingerprint density at radius 2 is 1.74 bits per heavy atom. The number of hydrogen-bond acceptors (Lipinski definition) is 2. The first-order valence-corrected chi connectivity index (χ1v) is 6.29. The molecule has 0 heterocycles. The van der Waals surface area contributed by atoms with Crippen LogP contribution in [0.2, 0.25) is 5.02 Å². The van der Waals surface area contributed by atoms with Gasteiger partial charge in [-0.2, -0.15) is 0 Å². The lowest BCUT2D eigenvalue weighted by Gasteiger charge is -2.18. The molecule has 0 bridgehead atoms. The number of benzene rings is 2. The van der Waals surface area contributed by atoms with Crippen LogP contribution in [0.5, 0.6) is 5.75 Å². The molecular formula is C15H15ClFNO. The van der Waals surface area contributed by atoms with Crippen LogP contribution in [0.1, 0.15) is 17.2 Å². The Bertz CT molecular complexity index is 557. The highest BCUT2D eigenvalue weighted by atomic mass is 35.5. The van der Waals surface area contributed by atoms with Gasteiger partial charge < -0.3 is 10.1 Å². The minimum atomic E-state index is -0.243. The summed E-state index contributed by atoms with van der Waals surface area (Å²) in [5.74, 6) is 0.383. The smallest absolute Gasteiger partial charge is 0.137 e. The number of ether oxygens (including phenoxy) is 1. The normalized spacial score (nSPS) is 12.2. The fourth-order valence-corrected chi connectivity index (χ4v) is 2.23. The lowest BCUT2D eigenvalue weighted by molar-refractivity contribution is 0.414. The molecule has 0 radical (unpaired) electrons. The van der Waals surface area contributed by atoms with Crippen molar-refractivity contribution in [2.45, 2.75) is 6.04 Å². The molecule has 0 saturated heterocycles. The van der Waals surface area contributed by atoms with Crippen molar-refractivity contribution in [1.29, 1.82) is 0 Å². The maximum Gasteiger partial charge on any atom is 0.137 e. The summed E-state index contributed by atoms with van der Waals surface area (Å²) in [7, 11) is 3.44. The lowest BCUT2D eigenvalue weighted by Crippen LogP contribution is -2.17. The molecule has 0 aliphatic rings. The highest BCUT2D eigenvalue weighted by Gasteiger charge is 2.14. The molecule has 2 aromatic rings. The number of hydrogen-bond donors (Lipinski definition) is 1. The van der Waals surface area contributed by atoms with Crippen LogP contribution in [0.4, 0.5) is 4.39 Å². The van der Waals surface area contributed by atoms with Crippen molar-refractivity contribution in [3.8, 4) is 5.75 Å². The van der Waals surface area contributed by atoms with Crippen LogP contribution in [0.3, 0.4) is 0 Å². The first kappa shape index (κ1) is 13.8. The highest BCUT2D eigenvalue weighted by molar-refractivity contribution is 6.32. The molecule has 0 saturated carbocycles. The molecular weight excluding hydrogens is 265 g/mol. The van der Waals surface area contributed by atoms with E-state index in [4.69, 9.17) is 16.3 Å². The van der Waals surface area contributed by atoms with E-state index in [0.29, 0.717) is 10.8 Å². The second-order valence-corrected chi connectivity index (χ2v) is 4.57. The third-order valence-electron chi connectivity index (χ3n) is 3.00. The summed E-state index contributed by atoms with van der Waals surface area (Å²) in [6.45, 7) is 0. The second kappa shape index (κ2) is 6.04. The number of nitrogens with one attached hydrogen (secondary N) is 1. The first-order chi connectivity index (χ1) is 9.15. The van der Waals surface area contributed by atoms with Gasteiger partial charge in [-0.25, -0.2) is 4.39 Å². The molecule has 0 aliphatic heterocycles. The van der Waals surface area contributed by atoms with Crippen molar-refractivity contribution in [1.82, 2.24) is 5.32 Å². The first-order valence-electron chi connectivity index (χ1n) is 5.92. The van der Waals surface area contributed by atoms with Crippen molar-refractivity contribution < 1.29 is 9.13 Å². The Morgan fingerprint density at radius 3 is 2.32 bits per heavy atom. The van der Waals surface area contributed by atoms with Crippen molar-refractivity contribution >= 4 is 11.6 Å². The Kier molecular flexibility index (Phi) is 4.40. The van der Waals surface area contributed by atoms with Crippen LogP contribution in [-0.4, -0.2) is 14.2 Å². The van der Waals surface area contributed by atoms with Crippen molar-refractivity contribution in [3.63, 3.8) is 0 Å². The quantitative estimate of drug-likeness (QED) is 0.919. The van der Waals surface area contributed by atoms with E-state index in [-0.39, 0.29) is 11.9 Å². The SMILES string of the molecule is CNC(c1ccc(F)cc1)c1ccc(Cl)c(OC)c1. The molecule has 0 spiro atoms. The second-order valence-electron chi connectivity index (χ2n) is 4.17. The van der Waals surface area contributed by atoms with Crippen LogP contribution >= 0.6 is 11.6 Å². The summed E-state index contributed by atoms with van der Waals surface area (Å²) in [6.07, 6.45) is 0. The molecule has 2 aromatic carbocycles. The summed E-state index contributed by atoms with van der Waals surface area (Å²) in [4.78, 5) is 0.